The van der Waals surface area contributed by atoms with Gasteiger partial charge in [-0.1, -0.05) is 13.0 Å². The van der Waals surface area contributed by atoms with Crippen molar-refractivity contribution in [2.75, 3.05) is 0 Å². The molecule has 0 aromatic carbocycles. The van der Waals surface area contributed by atoms with Crippen molar-refractivity contribution in [3.63, 3.8) is 0 Å². The predicted octanol–water partition coefficient (Wildman–Crippen LogP) is 0.297. The summed E-state index contributed by atoms with van der Waals surface area (Å²) in [5.41, 5.74) is 2.00. The molecule has 0 amide bonds. The summed E-state index contributed by atoms with van der Waals surface area (Å²) in [7, 11) is 0. The summed E-state index contributed by atoms with van der Waals surface area (Å²) in [6.07, 6.45) is 0. The maximum atomic E-state index is 8.54. The standard InChI is InChI=1S/C5H7N2.Cr.3O/c1-4-3-5(2)7-6-4;;;;/h3H,1-2H3;;;;/q-1;;;;. The molecular formula is C5H7CrN2O3-. The molecule has 11 heavy (non-hydrogen) atoms. The van der Waals surface area contributed by atoms with E-state index in [9.17, 15) is 0 Å². The zero-order valence-electron chi connectivity index (χ0n) is 6.10. The van der Waals surface area contributed by atoms with Crippen LogP contribution in [0.1, 0.15) is 11.4 Å². The Kier molecular flexibility index (Phi) is 4.50. The molecule has 0 spiro atoms. The fourth-order valence-electron chi connectivity index (χ4n) is 0.518. The second-order valence-electron chi connectivity index (χ2n) is 1.83. The monoisotopic (exact) mass is 195 g/mol. The number of rotatable bonds is 0. The normalized spacial score (nSPS) is 8.18. The van der Waals surface area contributed by atoms with E-state index in [4.69, 9.17) is 11.4 Å². The van der Waals surface area contributed by atoms with Crippen molar-refractivity contribution in [3.8, 4) is 0 Å². The third-order valence-corrected chi connectivity index (χ3v) is 0.783. The third kappa shape index (κ3) is 7.03. The molecule has 0 N–H and O–H groups in total. The fraction of sp³-hybridized carbons (Fsp3) is 0.400. The van der Waals surface area contributed by atoms with E-state index in [1.54, 1.807) is 0 Å². The van der Waals surface area contributed by atoms with Crippen LogP contribution in [0.4, 0.5) is 0 Å². The summed E-state index contributed by atoms with van der Waals surface area (Å²) in [5, 5.41) is 7.53. The number of hydrogen-bond donors (Lipinski definition) is 0. The zero-order chi connectivity index (χ0) is 8.85. The minimum absolute atomic E-state index is 0.998. The predicted molar refractivity (Wildman–Crippen MR) is 29.1 cm³/mol. The summed E-state index contributed by atoms with van der Waals surface area (Å²) >= 11 is -3.79. The summed E-state index contributed by atoms with van der Waals surface area (Å²) in [6.45, 7) is 3.86. The van der Waals surface area contributed by atoms with Gasteiger partial charge in [0, 0.05) is 5.69 Å². The van der Waals surface area contributed by atoms with Crippen LogP contribution >= 0.6 is 0 Å². The van der Waals surface area contributed by atoms with Crippen LogP contribution < -0.4 is 5.10 Å². The van der Waals surface area contributed by atoms with Crippen LogP contribution in [-0.4, -0.2) is 5.10 Å². The SMILES string of the molecule is Cc1cc(C)[n-]n1.[O]=[Cr](=[O])=[O]. The molecule has 0 unspecified atom stereocenters. The van der Waals surface area contributed by atoms with Gasteiger partial charge in [0.15, 0.2) is 0 Å². The van der Waals surface area contributed by atoms with E-state index in [2.05, 4.69) is 10.2 Å². The van der Waals surface area contributed by atoms with E-state index in [0.29, 0.717) is 0 Å². The Labute approximate surface area is 67.4 Å². The molecule has 6 heteroatoms. The Morgan fingerprint density at radius 2 is 1.82 bits per heavy atom. The van der Waals surface area contributed by atoms with Crippen molar-refractivity contribution >= 4 is 0 Å². The van der Waals surface area contributed by atoms with Crippen LogP contribution in [0, 0.1) is 13.8 Å². The van der Waals surface area contributed by atoms with Gasteiger partial charge in [0.2, 0.25) is 0 Å². The van der Waals surface area contributed by atoms with Crippen molar-refractivity contribution < 1.29 is 25.4 Å². The van der Waals surface area contributed by atoms with Gasteiger partial charge in [-0.15, -0.1) is 5.69 Å². The van der Waals surface area contributed by atoms with Crippen molar-refractivity contribution in [1.29, 1.82) is 0 Å². The first-order valence-electron chi connectivity index (χ1n) is 2.72. The molecule has 0 aliphatic rings. The molecule has 1 aromatic rings. The van der Waals surface area contributed by atoms with E-state index in [0.717, 1.165) is 11.4 Å². The Morgan fingerprint density at radius 3 is 1.91 bits per heavy atom. The Morgan fingerprint density at radius 1 is 1.36 bits per heavy atom. The number of nitrogens with zero attached hydrogens (tertiary/aromatic N) is 2. The van der Waals surface area contributed by atoms with Crippen molar-refractivity contribution in [2.24, 2.45) is 0 Å². The minimum atomic E-state index is -3.79. The molecule has 0 saturated carbocycles. The summed E-state index contributed by atoms with van der Waals surface area (Å²) in [5.74, 6) is 0. The van der Waals surface area contributed by atoms with Gasteiger partial charge < -0.3 is 10.2 Å². The molecule has 62 valence electrons. The molecule has 0 bridgehead atoms. The fourth-order valence-corrected chi connectivity index (χ4v) is 0.518. The van der Waals surface area contributed by atoms with Crippen LogP contribution in [0.5, 0.6) is 0 Å². The molecule has 0 radical (unpaired) electrons. The molecular weight excluding hydrogens is 188 g/mol. The van der Waals surface area contributed by atoms with Crippen LogP contribution in [0.15, 0.2) is 6.07 Å². The average molecular weight is 195 g/mol. The van der Waals surface area contributed by atoms with Crippen molar-refractivity contribution in [1.82, 2.24) is 10.2 Å². The van der Waals surface area contributed by atoms with Crippen LogP contribution in [-0.2, 0) is 25.4 Å². The van der Waals surface area contributed by atoms with Gasteiger partial charge in [0.25, 0.3) is 0 Å². The zero-order valence-corrected chi connectivity index (χ0v) is 7.38. The third-order valence-electron chi connectivity index (χ3n) is 0.783. The second kappa shape index (κ2) is 4.88. The topological polar surface area (TPSA) is 78.2 Å². The Bertz CT molecular complexity index is 289. The molecule has 0 fully saturated rings. The van der Waals surface area contributed by atoms with Crippen LogP contribution in [0.3, 0.4) is 0 Å². The van der Waals surface area contributed by atoms with Gasteiger partial charge in [-0.3, -0.25) is 0 Å². The molecule has 1 aromatic heterocycles. The van der Waals surface area contributed by atoms with E-state index < -0.39 is 14.0 Å². The first kappa shape index (κ1) is 10.1. The van der Waals surface area contributed by atoms with Crippen LogP contribution in [0.25, 0.3) is 0 Å². The number of aromatic nitrogens is 2. The van der Waals surface area contributed by atoms with Gasteiger partial charge in [-0.25, -0.2) is 0 Å². The van der Waals surface area contributed by atoms with Crippen LogP contribution in [0.2, 0.25) is 0 Å². The molecule has 1 heterocycles. The van der Waals surface area contributed by atoms with E-state index in [-0.39, 0.29) is 0 Å². The Hall–Kier alpha value is -0.858. The first-order chi connectivity index (χ1) is 5.02. The molecule has 0 aliphatic heterocycles. The molecule has 1 rings (SSSR count). The Balaban J connectivity index is 0.000000218. The van der Waals surface area contributed by atoms with Gasteiger partial charge >= 0.3 is 25.4 Å². The molecule has 0 aliphatic carbocycles. The number of hydrogen-bond acceptors (Lipinski definition) is 4. The summed E-state index contributed by atoms with van der Waals surface area (Å²) in [6, 6.07) is 1.94. The van der Waals surface area contributed by atoms with E-state index >= 15 is 0 Å². The molecule has 0 atom stereocenters. The van der Waals surface area contributed by atoms with E-state index in [1.165, 1.54) is 0 Å². The number of aryl methyl sites for hydroxylation is 2. The summed E-state index contributed by atoms with van der Waals surface area (Å²) < 4.78 is 25.6. The molecule has 0 saturated heterocycles. The van der Waals surface area contributed by atoms with Gasteiger partial charge in [-0.05, 0) is 6.92 Å². The molecule has 5 nitrogen and oxygen atoms in total. The first-order valence-corrected chi connectivity index (χ1v) is 4.29. The van der Waals surface area contributed by atoms with Gasteiger partial charge in [0.05, 0.1) is 0 Å². The van der Waals surface area contributed by atoms with Crippen molar-refractivity contribution in [3.05, 3.63) is 17.5 Å². The maximum absolute atomic E-state index is 8.54. The van der Waals surface area contributed by atoms with Crippen molar-refractivity contribution in [2.45, 2.75) is 13.8 Å². The quantitative estimate of drug-likeness (QED) is 0.594. The van der Waals surface area contributed by atoms with E-state index in [1.807, 2.05) is 19.9 Å². The van der Waals surface area contributed by atoms with Gasteiger partial charge in [-0.2, -0.15) is 0 Å². The second-order valence-corrected chi connectivity index (χ2v) is 2.47. The van der Waals surface area contributed by atoms with Gasteiger partial charge in [0.1, 0.15) is 0 Å². The summed E-state index contributed by atoms with van der Waals surface area (Å²) in [4.78, 5) is 0. The average Bonchev–Trinajstić information content (AvgIpc) is 2.13.